The number of esters is 2. The Hall–Kier alpha value is -4.65. The average Bonchev–Trinajstić information content (AvgIpc) is 3.33. The molecule has 1 heterocycles. The number of carbonyl (C=O) groups excluding carboxylic acids is 2. The van der Waals surface area contributed by atoms with Crippen LogP contribution in [0.25, 0.3) is 16.9 Å². The SMILES string of the molecule is COC(=O)c1c(-c2ccc(Sc3cccc(C(F)(F)F)c3)c([N+](=O)[O-])c2)nn(-c2ccccc2)c1C(=O)OC. The number of methoxy groups -OCH3 is 2. The van der Waals surface area contributed by atoms with Crippen LogP contribution in [-0.4, -0.2) is 40.9 Å². The summed E-state index contributed by atoms with van der Waals surface area (Å²) in [5.41, 5.74) is -1.46. The van der Waals surface area contributed by atoms with Crippen LogP contribution in [0.3, 0.4) is 0 Å². The molecule has 0 atom stereocenters. The number of nitrogens with zero attached hydrogens (tertiary/aromatic N) is 3. The smallest absolute Gasteiger partial charge is 0.416 e. The van der Waals surface area contributed by atoms with Gasteiger partial charge in [0, 0.05) is 16.5 Å². The van der Waals surface area contributed by atoms with Crippen LogP contribution in [0.1, 0.15) is 26.4 Å². The van der Waals surface area contributed by atoms with Gasteiger partial charge in [0.1, 0.15) is 11.3 Å². The van der Waals surface area contributed by atoms with Crippen LogP contribution < -0.4 is 0 Å². The first-order valence-electron chi connectivity index (χ1n) is 11.0. The molecule has 4 rings (SSSR count). The molecule has 0 saturated heterocycles. The second-order valence-corrected chi connectivity index (χ2v) is 8.99. The number of alkyl halides is 3. The summed E-state index contributed by atoms with van der Waals surface area (Å²) in [5.74, 6) is -1.83. The fraction of sp³-hybridized carbons (Fsp3) is 0.115. The molecule has 9 nitrogen and oxygen atoms in total. The molecule has 0 N–H and O–H groups in total. The van der Waals surface area contributed by atoms with Gasteiger partial charge in [-0.25, -0.2) is 14.3 Å². The highest BCUT2D eigenvalue weighted by molar-refractivity contribution is 7.99. The van der Waals surface area contributed by atoms with Gasteiger partial charge in [0.2, 0.25) is 0 Å². The van der Waals surface area contributed by atoms with E-state index in [1.54, 1.807) is 30.3 Å². The summed E-state index contributed by atoms with van der Waals surface area (Å²) in [5, 5.41) is 16.4. The van der Waals surface area contributed by atoms with Crippen molar-refractivity contribution in [2.75, 3.05) is 14.2 Å². The van der Waals surface area contributed by atoms with Crippen molar-refractivity contribution < 1.29 is 37.2 Å². The molecule has 0 unspecified atom stereocenters. The van der Waals surface area contributed by atoms with E-state index in [9.17, 15) is 32.9 Å². The Kier molecular flexibility index (Phi) is 7.72. The van der Waals surface area contributed by atoms with Gasteiger partial charge >= 0.3 is 18.1 Å². The van der Waals surface area contributed by atoms with Crippen LogP contribution in [0.4, 0.5) is 18.9 Å². The number of hydrogen-bond acceptors (Lipinski definition) is 8. The fourth-order valence-corrected chi connectivity index (χ4v) is 4.67. The molecule has 1 aromatic heterocycles. The first-order valence-corrected chi connectivity index (χ1v) is 11.9. The van der Waals surface area contributed by atoms with E-state index in [0.717, 1.165) is 44.2 Å². The van der Waals surface area contributed by atoms with Crippen LogP contribution in [0, 0.1) is 10.1 Å². The predicted molar refractivity (Wildman–Crippen MR) is 134 cm³/mol. The van der Waals surface area contributed by atoms with Crippen molar-refractivity contribution in [3.05, 3.63) is 99.7 Å². The molecule has 13 heteroatoms. The molecule has 0 radical (unpaired) electrons. The number of nitro groups is 1. The van der Waals surface area contributed by atoms with Crippen molar-refractivity contribution in [2.45, 2.75) is 16.0 Å². The summed E-state index contributed by atoms with van der Waals surface area (Å²) in [4.78, 5) is 37.0. The van der Waals surface area contributed by atoms with Gasteiger partial charge in [-0.3, -0.25) is 10.1 Å². The summed E-state index contributed by atoms with van der Waals surface area (Å²) in [6.07, 6.45) is -4.58. The number of rotatable bonds is 7. The molecule has 0 amide bonds. The summed E-state index contributed by atoms with van der Waals surface area (Å²) < 4.78 is 50.3. The lowest BCUT2D eigenvalue weighted by Crippen LogP contribution is -2.15. The zero-order valence-electron chi connectivity index (χ0n) is 20.3. The summed E-state index contributed by atoms with van der Waals surface area (Å²) >= 11 is 0.772. The maximum absolute atomic E-state index is 13.1. The highest BCUT2D eigenvalue weighted by Gasteiger charge is 2.33. The minimum absolute atomic E-state index is 0.0541. The Morgan fingerprint density at radius 1 is 0.949 bits per heavy atom. The molecule has 3 aromatic carbocycles. The lowest BCUT2D eigenvalue weighted by Gasteiger charge is -2.09. The molecule has 0 saturated carbocycles. The van der Waals surface area contributed by atoms with E-state index >= 15 is 0 Å². The van der Waals surface area contributed by atoms with Gasteiger partial charge in [0.05, 0.1) is 35.3 Å². The zero-order valence-corrected chi connectivity index (χ0v) is 21.1. The molecular formula is C26H18F3N3O6S. The van der Waals surface area contributed by atoms with Crippen LogP contribution in [0.2, 0.25) is 0 Å². The Labute approximate surface area is 223 Å². The van der Waals surface area contributed by atoms with Gasteiger partial charge in [-0.15, -0.1) is 0 Å². The van der Waals surface area contributed by atoms with E-state index in [-0.39, 0.29) is 32.3 Å². The summed E-state index contributed by atoms with van der Waals surface area (Å²) in [7, 11) is 2.22. The number of nitro benzene ring substituents is 1. The topological polar surface area (TPSA) is 114 Å². The van der Waals surface area contributed by atoms with Crippen molar-refractivity contribution in [2.24, 2.45) is 0 Å². The number of benzene rings is 3. The minimum atomic E-state index is -4.58. The molecule has 0 fully saturated rings. The number of halogens is 3. The Bertz CT molecular complexity index is 1570. The largest absolute Gasteiger partial charge is 0.465 e. The van der Waals surface area contributed by atoms with E-state index in [2.05, 4.69) is 5.10 Å². The van der Waals surface area contributed by atoms with Gasteiger partial charge in [0.15, 0.2) is 5.69 Å². The number of para-hydroxylation sites is 1. The van der Waals surface area contributed by atoms with E-state index in [1.165, 1.54) is 28.9 Å². The van der Waals surface area contributed by atoms with Gasteiger partial charge in [-0.05, 0) is 36.4 Å². The number of aromatic nitrogens is 2. The van der Waals surface area contributed by atoms with Crippen molar-refractivity contribution >= 4 is 29.4 Å². The monoisotopic (exact) mass is 557 g/mol. The van der Waals surface area contributed by atoms with Crippen molar-refractivity contribution in [1.82, 2.24) is 9.78 Å². The van der Waals surface area contributed by atoms with Gasteiger partial charge in [-0.2, -0.15) is 18.3 Å². The van der Waals surface area contributed by atoms with Crippen LogP contribution >= 0.6 is 11.8 Å². The third-order valence-corrected chi connectivity index (χ3v) is 6.53. The van der Waals surface area contributed by atoms with E-state index < -0.39 is 34.3 Å². The van der Waals surface area contributed by atoms with Gasteiger partial charge in [-0.1, -0.05) is 42.1 Å². The van der Waals surface area contributed by atoms with E-state index in [0.29, 0.717) is 5.69 Å². The molecule has 0 bridgehead atoms. The van der Waals surface area contributed by atoms with Crippen molar-refractivity contribution in [3.63, 3.8) is 0 Å². The predicted octanol–water partition coefficient (Wildman–Crippen LogP) is 6.19. The fourth-order valence-electron chi connectivity index (χ4n) is 3.71. The molecule has 0 aliphatic heterocycles. The molecule has 200 valence electrons. The molecule has 0 spiro atoms. The zero-order chi connectivity index (χ0) is 28.3. The molecular weight excluding hydrogens is 539 g/mol. The maximum Gasteiger partial charge on any atom is 0.416 e. The van der Waals surface area contributed by atoms with Crippen molar-refractivity contribution in [3.8, 4) is 16.9 Å². The second kappa shape index (κ2) is 11.0. The summed E-state index contributed by atoms with van der Waals surface area (Å²) in [6, 6.07) is 16.6. The Morgan fingerprint density at radius 2 is 1.64 bits per heavy atom. The molecule has 39 heavy (non-hydrogen) atoms. The minimum Gasteiger partial charge on any atom is -0.465 e. The lowest BCUT2D eigenvalue weighted by atomic mass is 10.0. The number of ether oxygens (including phenoxy) is 2. The first-order chi connectivity index (χ1) is 18.5. The van der Waals surface area contributed by atoms with Gasteiger partial charge < -0.3 is 9.47 Å². The number of hydrogen-bond donors (Lipinski definition) is 0. The quantitative estimate of drug-likeness (QED) is 0.150. The molecule has 0 aliphatic rings. The Morgan fingerprint density at radius 3 is 2.26 bits per heavy atom. The van der Waals surface area contributed by atoms with Crippen LogP contribution in [-0.2, 0) is 15.7 Å². The van der Waals surface area contributed by atoms with E-state index in [1.807, 2.05) is 0 Å². The second-order valence-electron chi connectivity index (χ2n) is 7.87. The van der Waals surface area contributed by atoms with Crippen molar-refractivity contribution in [1.29, 1.82) is 0 Å². The normalized spacial score (nSPS) is 11.2. The average molecular weight is 558 g/mol. The first kappa shape index (κ1) is 27.4. The van der Waals surface area contributed by atoms with E-state index in [4.69, 9.17) is 9.47 Å². The van der Waals surface area contributed by atoms with Gasteiger partial charge in [0.25, 0.3) is 5.69 Å². The number of carbonyl (C=O) groups is 2. The highest BCUT2D eigenvalue weighted by atomic mass is 32.2. The van der Waals surface area contributed by atoms with Crippen LogP contribution in [0.5, 0.6) is 0 Å². The maximum atomic E-state index is 13.1. The lowest BCUT2D eigenvalue weighted by molar-refractivity contribution is -0.387. The molecule has 0 aliphatic carbocycles. The standard InChI is InChI=1S/C26H18F3N3O6S/c1-37-24(33)21-22(30-31(23(21)25(34)38-2)17-8-4-3-5-9-17)15-11-12-20(19(13-15)32(35)36)39-18-10-6-7-16(14-18)26(27,28)29/h3-14H,1-2H3. The third kappa shape index (κ3) is 5.62. The summed E-state index contributed by atoms with van der Waals surface area (Å²) in [6.45, 7) is 0. The molecule has 4 aromatic rings. The highest BCUT2D eigenvalue weighted by Crippen LogP contribution is 2.40. The van der Waals surface area contributed by atoms with Crippen LogP contribution in [0.15, 0.2) is 82.6 Å². The third-order valence-electron chi connectivity index (χ3n) is 5.47. The Balaban J connectivity index is 1.88.